The summed E-state index contributed by atoms with van der Waals surface area (Å²) < 4.78 is 4.59. The maximum absolute atomic E-state index is 10.6. The van der Waals surface area contributed by atoms with E-state index in [1.165, 1.54) is 0 Å². The third-order valence-corrected chi connectivity index (χ3v) is 1.86. The molecule has 0 aliphatic heterocycles. The predicted molar refractivity (Wildman–Crippen MR) is 67.2 cm³/mol. The Hall–Kier alpha value is -2.12. The van der Waals surface area contributed by atoms with Gasteiger partial charge < -0.3 is 20.1 Å². The van der Waals surface area contributed by atoms with Crippen LogP contribution in [0.3, 0.4) is 0 Å². The molecular formula is C12H20O8. The number of carboxylic acids is 3. The number of esters is 1. The van der Waals surface area contributed by atoms with Crippen LogP contribution < -0.4 is 0 Å². The summed E-state index contributed by atoms with van der Waals surface area (Å²) in [6.07, 6.45) is 0.663. The van der Waals surface area contributed by atoms with E-state index >= 15 is 0 Å². The van der Waals surface area contributed by atoms with E-state index in [2.05, 4.69) is 4.74 Å². The number of ether oxygens (including phenoxy) is 1. The summed E-state index contributed by atoms with van der Waals surface area (Å²) in [5.74, 6) is -3.10. The molecule has 0 amide bonds. The van der Waals surface area contributed by atoms with Crippen LogP contribution in [0.5, 0.6) is 0 Å². The van der Waals surface area contributed by atoms with Gasteiger partial charge in [0.25, 0.3) is 0 Å². The normalized spacial score (nSPS) is 9.05. The summed E-state index contributed by atoms with van der Waals surface area (Å²) in [5, 5.41) is 24.3. The van der Waals surface area contributed by atoms with Gasteiger partial charge >= 0.3 is 23.9 Å². The minimum Gasteiger partial charge on any atom is -0.481 e. The molecule has 0 aliphatic carbocycles. The molecule has 20 heavy (non-hydrogen) atoms. The van der Waals surface area contributed by atoms with Gasteiger partial charge in [0.1, 0.15) is 0 Å². The predicted octanol–water partition coefficient (Wildman–Crippen LogP) is 1.13. The van der Waals surface area contributed by atoms with Crippen molar-refractivity contribution >= 4 is 23.9 Å². The van der Waals surface area contributed by atoms with Gasteiger partial charge in [-0.3, -0.25) is 19.2 Å². The van der Waals surface area contributed by atoms with Crippen LogP contribution in [-0.2, 0) is 23.9 Å². The molecule has 0 spiro atoms. The van der Waals surface area contributed by atoms with Gasteiger partial charge in [0.15, 0.2) is 0 Å². The van der Waals surface area contributed by atoms with Crippen LogP contribution in [0.2, 0.25) is 0 Å². The quantitative estimate of drug-likeness (QED) is 0.537. The lowest BCUT2D eigenvalue weighted by Gasteiger charge is -1.98. The Bertz CT molecular complexity index is 309. The van der Waals surface area contributed by atoms with Crippen molar-refractivity contribution in [2.75, 3.05) is 6.61 Å². The van der Waals surface area contributed by atoms with Gasteiger partial charge in [-0.25, -0.2) is 0 Å². The molecule has 0 saturated heterocycles. The summed E-state index contributed by atoms with van der Waals surface area (Å²) in [6.45, 7) is 2.07. The van der Waals surface area contributed by atoms with E-state index in [9.17, 15) is 19.2 Å². The molecule has 0 aromatic rings. The fraction of sp³-hybridized carbons (Fsp3) is 0.667. The first-order valence-electron chi connectivity index (χ1n) is 6.10. The average molecular weight is 292 g/mol. The van der Waals surface area contributed by atoms with Crippen LogP contribution in [-0.4, -0.2) is 45.8 Å². The lowest BCUT2D eigenvalue weighted by Crippen LogP contribution is -2.04. The highest BCUT2D eigenvalue weighted by Crippen LogP contribution is 1.97. The fourth-order valence-corrected chi connectivity index (χ4v) is 1.01. The zero-order chi connectivity index (χ0) is 16.0. The van der Waals surface area contributed by atoms with Crippen molar-refractivity contribution in [1.82, 2.24) is 0 Å². The van der Waals surface area contributed by atoms with Crippen LogP contribution in [0.15, 0.2) is 0 Å². The maximum atomic E-state index is 10.6. The molecular weight excluding hydrogens is 272 g/mol. The first kappa shape index (κ1) is 20.2. The first-order valence-corrected chi connectivity index (χ1v) is 6.10. The second kappa shape index (κ2) is 13.3. The molecule has 3 N–H and O–H groups in total. The van der Waals surface area contributed by atoms with Gasteiger partial charge in [0.05, 0.1) is 6.61 Å². The van der Waals surface area contributed by atoms with Crippen molar-refractivity contribution in [3.63, 3.8) is 0 Å². The van der Waals surface area contributed by atoms with Crippen LogP contribution >= 0.6 is 0 Å². The summed E-state index contributed by atoms with van der Waals surface area (Å²) in [7, 11) is 0. The lowest BCUT2D eigenvalue weighted by atomic mass is 10.2. The van der Waals surface area contributed by atoms with Crippen LogP contribution in [0.4, 0.5) is 0 Å². The van der Waals surface area contributed by atoms with E-state index in [1.54, 1.807) is 6.92 Å². The van der Waals surface area contributed by atoms with Gasteiger partial charge in [-0.15, -0.1) is 0 Å². The van der Waals surface area contributed by atoms with Crippen molar-refractivity contribution in [1.29, 1.82) is 0 Å². The number of hydrogen-bond donors (Lipinski definition) is 3. The highest BCUT2D eigenvalue weighted by atomic mass is 16.5. The highest BCUT2D eigenvalue weighted by Gasteiger charge is 2.03. The van der Waals surface area contributed by atoms with Gasteiger partial charge in [-0.1, -0.05) is 0 Å². The van der Waals surface area contributed by atoms with Crippen molar-refractivity contribution in [2.24, 2.45) is 0 Å². The average Bonchev–Trinajstić information content (AvgIpc) is 2.28. The van der Waals surface area contributed by atoms with Crippen molar-refractivity contribution < 1.29 is 39.2 Å². The number of rotatable bonds is 9. The monoisotopic (exact) mass is 292 g/mol. The second-order valence-electron chi connectivity index (χ2n) is 3.69. The molecule has 0 aromatic heterocycles. The van der Waals surface area contributed by atoms with Crippen molar-refractivity contribution in [2.45, 2.75) is 45.4 Å². The summed E-state index contributed by atoms with van der Waals surface area (Å²) in [5.41, 5.74) is 0. The van der Waals surface area contributed by atoms with Gasteiger partial charge in [-0.05, 0) is 19.8 Å². The van der Waals surface area contributed by atoms with E-state index in [0.717, 1.165) is 0 Å². The van der Waals surface area contributed by atoms with Crippen LogP contribution in [0.1, 0.15) is 45.4 Å². The number of carboxylic acid groups (broad SMARTS) is 3. The Kier molecular flexibility index (Phi) is 13.4. The zero-order valence-electron chi connectivity index (χ0n) is 11.3. The Balaban J connectivity index is 0. The van der Waals surface area contributed by atoms with Gasteiger partial charge in [-0.2, -0.15) is 0 Å². The number of hydrogen-bond acceptors (Lipinski definition) is 5. The Morgan fingerprint density at radius 1 is 0.750 bits per heavy atom. The van der Waals surface area contributed by atoms with Gasteiger partial charge in [0, 0.05) is 25.7 Å². The zero-order valence-corrected chi connectivity index (χ0v) is 11.3. The standard InChI is InChI=1S/C7H12O4.C5H8O4/c1-2-11-7(10)5-3-4-6(8)9;6-4(7)2-1-3-5(8)9/h2-5H2,1H3,(H,8,9);1-3H2,(H,6,7)(H,8,9). The number of carbonyl (C=O) groups excluding carboxylic acids is 1. The second-order valence-corrected chi connectivity index (χ2v) is 3.69. The molecule has 8 nitrogen and oxygen atoms in total. The Morgan fingerprint density at radius 3 is 1.40 bits per heavy atom. The van der Waals surface area contributed by atoms with Crippen molar-refractivity contribution in [3.8, 4) is 0 Å². The molecule has 0 rings (SSSR count). The third kappa shape index (κ3) is 21.2. The third-order valence-electron chi connectivity index (χ3n) is 1.86. The van der Waals surface area contributed by atoms with E-state index < -0.39 is 17.9 Å². The Labute approximate surface area is 116 Å². The molecule has 8 heteroatoms. The van der Waals surface area contributed by atoms with Crippen molar-refractivity contribution in [3.05, 3.63) is 0 Å². The molecule has 0 aliphatic rings. The van der Waals surface area contributed by atoms with E-state index in [0.29, 0.717) is 13.0 Å². The van der Waals surface area contributed by atoms with Gasteiger partial charge in [0.2, 0.25) is 0 Å². The fourth-order valence-electron chi connectivity index (χ4n) is 1.01. The van der Waals surface area contributed by atoms with Crippen LogP contribution in [0, 0.1) is 0 Å². The number of carbonyl (C=O) groups is 4. The largest absolute Gasteiger partial charge is 0.481 e. The number of aliphatic carboxylic acids is 3. The molecule has 0 bridgehead atoms. The molecule has 116 valence electrons. The Morgan fingerprint density at radius 2 is 1.10 bits per heavy atom. The topological polar surface area (TPSA) is 138 Å². The van der Waals surface area contributed by atoms with E-state index in [-0.39, 0.29) is 38.1 Å². The van der Waals surface area contributed by atoms with Crippen LogP contribution in [0.25, 0.3) is 0 Å². The lowest BCUT2D eigenvalue weighted by molar-refractivity contribution is -0.144. The summed E-state index contributed by atoms with van der Waals surface area (Å²) in [4.78, 5) is 40.2. The molecule has 0 saturated carbocycles. The molecule has 0 radical (unpaired) electrons. The minimum atomic E-state index is -0.948. The SMILES string of the molecule is CCOC(=O)CCCC(=O)O.O=C(O)CCCC(=O)O. The molecule has 0 aromatic carbocycles. The molecule has 0 unspecified atom stereocenters. The molecule has 0 fully saturated rings. The van der Waals surface area contributed by atoms with E-state index in [4.69, 9.17) is 15.3 Å². The first-order chi connectivity index (χ1) is 9.29. The van der Waals surface area contributed by atoms with E-state index in [1.807, 2.05) is 0 Å². The molecule has 0 heterocycles. The minimum absolute atomic E-state index is 0.0266. The summed E-state index contributed by atoms with van der Waals surface area (Å²) in [6, 6.07) is 0. The highest BCUT2D eigenvalue weighted by molar-refractivity contribution is 5.71. The smallest absolute Gasteiger partial charge is 0.305 e. The summed E-state index contributed by atoms with van der Waals surface area (Å²) >= 11 is 0. The maximum Gasteiger partial charge on any atom is 0.305 e. The molecule has 0 atom stereocenters.